The van der Waals surface area contributed by atoms with Crippen molar-refractivity contribution in [3.8, 4) is 0 Å². The molecule has 7 heteroatoms. The summed E-state index contributed by atoms with van der Waals surface area (Å²) in [6, 6.07) is 11.9. The van der Waals surface area contributed by atoms with Gasteiger partial charge in [-0.15, -0.1) is 0 Å². The molecule has 30 heavy (non-hydrogen) atoms. The molecule has 0 saturated heterocycles. The molecule has 0 radical (unpaired) electrons. The maximum absolute atomic E-state index is 13.3. The average Bonchev–Trinajstić information content (AvgIpc) is 2.71. The van der Waals surface area contributed by atoms with Crippen LogP contribution >= 0.6 is 34.8 Å². The van der Waals surface area contributed by atoms with Gasteiger partial charge in [0.1, 0.15) is 6.04 Å². The van der Waals surface area contributed by atoms with E-state index >= 15 is 0 Å². The Balaban J connectivity index is 2.30. The minimum absolute atomic E-state index is 0.0362. The molecule has 0 aliphatic carbocycles. The van der Waals surface area contributed by atoms with Gasteiger partial charge in [0.15, 0.2) is 0 Å². The van der Waals surface area contributed by atoms with E-state index in [1.807, 2.05) is 32.9 Å². The molecule has 162 valence electrons. The summed E-state index contributed by atoms with van der Waals surface area (Å²) in [4.78, 5) is 27.8. The van der Waals surface area contributed by atoms with Crippen molar-refractivity contribution in [1.82, 2.24) is 10.2 Å². The standard InChI is InChI=1S/C23H27Cl3N2O2/c1-4-15(3)27-23(30)21(5-2)28(14-16-6-9-18(24)10-7-16)22(29)13-17-8-11-19(25)20(26)12-17/h6-12,15,21H,4-5,13-14H2,1-3H3,(H,27,30)/t15-,21+/m0/s1. The van der Waals surface area contributed by atoms with Crippen LogP contribution in [0.15, 0.2) is 42.5 Å². The van der Waals surface area contributed by atoms with Gasteiger partial charge in [0.05, 0.1) is 16.5 Å². The van der Waals surface area contributed by atoms with E-state index in [1.165, 1.54) is 0 Å². The Bertz CT molecular complexity index is 871. The fourth-order valence-corrected chi connectivity index (χ4v) is 3.52. The third-order valence-electron chi connectivity index (χ3n) is 4.99. The van der Waals surface area contributed by atoms with Crippen molar-refractivity contribution in [2.75, 3.05) is 0 Å². The van der Waals surface area contributed by atoms with E-state index in [1.54, 1.807) is 35.2 Å². The van der Waals surface area contributed by atoms with Crippen LogP contribution in [0.2, 0.25) is 15.1 Å². The molecule has 2 aromatic carbocycles. The number of halogens is 3. The van der Waals surface area contributed by atoms with Crippen LogP contribution in [-0.4, -0.2) is 28.8 Å². The number of hydrogen-bond donors (Lipinski definition) is 1. The highest BCUT2D eigenvalue weighted by Gasteiger charge is 2.29. The molecule has 0 unspecified atom stereocenters. The number of nitrogens with one attached hydrogen (secondary N) is 1. The van der Waals surface area contributed by atoms with Crippen LogP contribution in [-0.2, 0) is 22.6 Å². The first-order chi connectivity index (χ1) is 14.2. The Morgan fingerprint density at radius 1 is 0.933 bits per heavy atom. The lowest BCUT2D eigenvalue weighted by molar-refractivity contribution is -0.141. The van der Waals surface area contributed by atoms with Crippen molar-refractivity contribution in [2.24, 2.45) is 0 Å². The number of carbonyl (C=O) groups is 2. The van der Waals surface area contributed by atoms with Crippen molar-refractivity contribution in [3.05, 3.63) is 68.7 Å². The topological polar surface area (TPSA) is 49.4 Å². The summed E-state index contributed by atoms with van der Waals surface area (Å²) in [5, 5.41) is 4.45. The van der Waals surface area contributed by atoms with Crippen LogP contribution in [0.1, 0.15) is 44.7 Å². The van der Waals surface area contributed by atoms with E-state index in [0.717, 1.165) is 17.5 Å². The highest BCUT2D eigenvalue weighted by molar-refractivity contribution is 6.42. The van der Waals surface area contributed by atoms with Crippen molar-refractivity contribution in [2.45, 2.75) is 58.7 Å². The van der Waals surface area contributed by atoms with E-state index in [9.17, 15) is 9.59 Å². The highest BCUT2D eigenvalue weighted by Crippen LogP contribution is 2.24. The number of nitrogens with zero attached hydrogens (tertiary/aromatic N) is 1. The quantitative estimate of drug-likeness (QED) is 0.496. The summed E-state index contributed by atoms with van der Waals surface area (Å²) < 4.78 is 0. The van der Waals surface area contributed by atoms with Crippen molar-refractivity contribution in [3.63, 3.8) is 0 Å². The Morgan fingerprint density at radius 3 is 2.13 bits per heavy atom. The minimum Gasteiger partial charge on any atom is -0.352 e. The number of rotatable bonds is 9. The molecule has 0 fully saturated rings. The Kier molecular flexibility index (Phi) is 9.47. The third kappa shape index (κ3) is 6.90. The Hall–Kier alpha value is -1.75. The molecule has 2 rings (SSSR count). The molecule has 4 nitrogen and oxygen atoms in total. The molecule has 0 saturated carbocycles. The molecule has 0 aliphatic heterocycles. The van der Waals surface area contributed by atoms with Gasteiger partial charge in [0.25, 0.3) is 0 Å². The van der Waals surface area contributed by atoms with E-state index < -0.39 is 6.04 Å². The van der Waals surface area contributed by atoms with Crippen molar-refractivity contribution >= 4 is 46.6 Å². The van der Waals surface area contributed by atoms with Crippen LogP contribution in [0.3, 0.4) is 0 Å². The number of benzene rings is 2. The minimum atomic E-state index is -0.579. The van der Waals surface area contributed by atoms with Gasteiger partial charge in [0, 0.05) is 17.6 Å². The zero-order valence-corrected chi connectivity index (χ0v) is 19.7. The molecule has 0 bridgehead atoms. The molecule has 2 amide bonds. The molecular weight excluding hydrogens is 443 g/mol. The summed E-state index contributed by atoms with van der Waals surface area (Å²) in [6.07, 6.45) is 1.44. The normalized spacial score (nSPS) is 12.9. The second-order valence-corrected chi connectivity index (χ2v) is 8.57. The Morgan fingerprint density at radius 2 is 1.57 bits per heavy atom. The first-order valence-corrected chi connectivity index (χ1v) is 11.2. The first-order valence-electron chi connectivity index (χ1n) is 10.0. The van der Waals surface area contributed by atoms with Crippen LogP contribution in [0.25, 0.3) is 0 Å². The number of amides is 2. The predicted octanol–water partition coefficient (Wildman–Crippen LogP) is 5.91. The SMILES string of the molecule is CC[C@H](C(=O)N[C@@H](C)CC)N(Cc1ccc(Cl)cc1)C(=O)Cc1ccc(Cl)c(Cl)c1. The lowest BCUT2D eigenvalue weighted by Crippen LogP contribution is -2.51. The van der Waals surface area contributed by atoms with E-state index in [4.69, 9.17) is 34.8 Å². The van der Waals surface area contributed by atoms with Crippen LogP contribution in [0.5, 0.6) is 0 Å². The zero-order chi connectivity index (χ0) is 22.3. The maximum atomic E-state index is 13.3. The van der Waals surface area contributed by atoms with Crippen LogP contribution in [0, 0.1) is 0 Å². The molecule has 2 aromatic rings. The van der Waals surface area contributed by atoms with Crippen LogP contribution < -0.4 is 5.32 Å². The predicted molar refractivity (Wildman–Crippen MR) is 124 cm³/mol. The summed E-state index contributed by atoms with van der Waals surface area (Å²) in [5.74, 6) is -0.308. The second-order valence-electron chi connectivity index (χ2n) is 7.32. The fourth-order valence-electron chi connectivity index (χ4n) is 3.07. The van der Waals surface area contributed by atoms with Crippen molar-refractivity contribution < 1.29 is 9.59 Å². The summed E-state index contributed by atoms with van der Waals surface area (Å²) in [5.41, 5.74) is 1.64. The summed E-state index contributed by atoms with van der Waals surface area (Å²) in [6.45, 7) is 6.17. The van der Waals surface area contributed by atoms with Gasteiger partial charge in [0.2, 0.25) is 11.8 Å². The Labute approximate surface area is 193 Å². The molecule has 0 aliphatic rings. The largest absolute Gasteiger partial charge is 0.352 e. The lowest BCUT2D eigenvalue weighted by Gasteiger charge is -2.31. The summed E-state index contributed by atoms with van der Waals surface area (Å²) in [7, 11) is 0. The molecule has 1 N–H and O–H groups in total. The van der Waals surface area contributed by atoms with E-state index in [-0.39, 0.29) is 24.3 Å². The van der Waals surface area contributed by atoms with Gasteiger partial charge in [-0.2, -0.15) is 0 Å². The summed E-state index contributed by atoms with van der Waals surface area (Å²) >= 11 is 18.1. The van der Waals surface area contributed by atoms with Crippen molar-refractivity contribution in [1.29, 1.82) is 0 Å². The molecular formula is C23H27Cl3N2O2. The van der Waals surface area contributed by atoms with Gasteiger partial charge in [-0.05, 0) is 55.2 Å². The first kappa shape index (κ1) is 24.5. The smallest absolute Gasteiger partial charge is 0.243 e. The highest BCUT2D eigenvalue weighted by atomic mass is 35.5. The average molecular weight is 470 g/mol. The number of hydrogen-bond acceptors (Lipinski definition) is 2. The van der Waals surface area contributed by atoms with E-state index in [2.05, 4.69) is 5.32 Å². The van der Waals surface area contributed by atoms with Gasteiger partial charge < -0.3 is 10.2 Å². The van der Waals surface area contributed by atoms with Gasteiger partial charge in [-0.25, -0.2) is 0 Å². The van der Waals surface area contributed by atoms with Gasteiger partial charge >= 0.3 is 0 Å². The van der Waals surface area contributed by atoms with E-state index in [0.29, 0.717) is 28.0 Å². The third-order valence-corrected chi connectivity index (χ3v) is 5.98. The molecule has 0 heterocycles. The molecule has 0 spiro atoms. The molecule has 2 atom stereocenters. The lowest BCUT2D eigenvalue weighted by atomic mass is 10.1. The van der Waals surface area contributed by atoms with Gasteiger partial charge in [-0.3, -0.25) is 9.59 Å². The second kappa shape index (κ2) is 11.6. The zero-order valence-electron chi connectivity index (χ0n) is 17.4. The number of carbonyl (C=O) groups excluding carboxylic acids is 2. The molecule has 0 aromatic heterocycles. The monoisotopic (exact) mass is 468 g/mol. The van der Waals surface area contributed by atoms with Gasteiger partial charge in [-0.1, -0.05) is 66.8 Å². The fraction of sp³-hybridized carbons (Fsp3) is 0.391. The maximum Gasteiger partial charge on any atom is 0.243 e. The van der Waals surface area contributed by atoms with Crippen LogP contribution in [0.4, 0.5) is 0 Å².